The molecule has 1 N–H and O–H groups in total. The van der Waals surface area contributed by atoms with Crippen LogP contribution in [0.5, 0.6) is 0 Å². The number of hydrogen-bond donors (Lipinski definition) is 1. The molecule has 0 aliphatic heterocycles. The van der Waals surface area contributed by atoms with Crippen LogP contribution in [0.4, 0.5) is 0 Å². The molecular weight excluding hydrogens is 274 g/mol. The molecule has 0 saturated heterocycles. The predicted octanol–water partition coefficient (Wildman–Crippen LogP) is 5.50. The molecule has 0 aliphatic rings. The van der Waals surface area contributed by atoms with Crippen molar-refractivity contribution in [2.45, 2.75) is 32.7 Å². The maximum atomic E-state index is 3.83. The average Bonchev–Trinajstić information content (AvgIpc) is 3.05. The number of rotatable bonds is 9. The van der Waals surface area contributed by atoms with Gasteiger partial charge in [-0.05, 0) is 47.9 Å². The topological polar surface area (TPSA) is 12.0 Å². The molecule has 2 rings (SSSR count). The van der Waals surface area contributed by atoms with Crippen LogP contribution in [0.25, 0.3) is 10.4 Å². The Kier molecular flexibility index (Phi) is 6.71. The molecule has 1 heterocycles. The van der Waals surface area contributed by atoms with E-state index in [1.807, 2.05) is 6.08 Å². The van der Waals surface area contributed by atoms with Gasteiger partial charge < -0.3 is 5.32 Å². The SMILES string of the molecule is C=CCC(CC)CCNCc1ccc(-c2cccs2)cc1. The second-order valence-corrected chi connectivity index (χ2v) is 6.39. The number of hydrogen-bond acceptors (Lipinski definition) is 2. The van der Waals surface area contributed by atoms with Crippen LogP contribution in [0.3, 0.4) is 0 Å². The number of benzene rings is 1. The van der Waals surface area contributed by atoms with Crippen LogP contribution in [0.15, 0.2) is 54.4 Å². The fourth-order valence-electron chi connectivity index (χ4n) is 2.49. The summed E-state index contributed by atoms with van der Waals surface area (Å²) in [5, 5.41) is 5.67. The fourth-order valence-corrected chi connectivity index (χ4v) is 3.23. The van der Waals surface area contributed by atoms with Crippen LogP contribution < -0.4 is 5.32 Å². The molecule has 1 nitrogen and oxygen atoms in total. The Morgan fingerprint density at radius 3 is 2.67 bits per heavy atom. The van der Waals surface area contributed by atoms with Crippen LogP contribution in [0.2, 0.25) is 0 Å². The summed E-state index contributed by atoms with van der Waals surface area (Å²) >= 11 is 1.79. The number of allylic oxidation sites excluding steroid dienone is 1. The van der Waals surface area contributed by atoms with Gasteiger partial charge in [-0.1, -0.05) is 49.8 Å². The molecule has 1 aromatic carbocycles. The van der Waals surface area contributed by atoms with Gasteiger partial charge in [0.2, 0.25) is 0 Å². The highest BCUT2D eigenvalue weighted by Crippen LogP contribution is 2.24. The standard InChI is InChI=1S/C19H25NS/c1-3-6-16(4-2)12-13-20-15-17-8-10-18(11-9-17)19-7-5-14-21-19/h3,5,7-11,14,16,20H,1,4,6,12-13,15H2,2H3. The lowest BCUT2D eigenvalue weighted by Gasteiger charge is -2.13. The number of nitrogens with one attached hydrogen (secondary N) is 1. The third kappa shape index (κ3) is 5.14. The molecule has 1 atom stereocenters. The van der Waals surface area contributed by atoms with E-state index < -0.39 is 0 Å². The summed E-state index contributed by atoms with van der Waals surface area (Å²) in [7, 11) is 0. The molecule has 0 aliphatic carbocycles. The summed E-state index contributed by atoms with van der Waals surface area (Å²) in [5.41, 5.74) is 2.66. The third-order valence-corrected chi connectivity index (χ3v) is 4.81. The Morgan fingerprint density at radius 1 is 1.24 bits per heavy atom. The van der Waals surface area contributed by atoms with Crippen molar-refractivity contribution in [1.82, 2.24) is 5.32 Å². The molecule has 112 valence electrons. The number of thiophene rings is 1. The first-order valence-corrected chi connectivity index (χ1v) is 8.66. The average molecular weight is 299 g/mol. The van der Waals surface area contributed by atoms with E-state index in [9.17, 15) is 0 Å². The van der Waals surface area contributed by atoms with E-state index in [1.54, 1.807) is 11.3 Å². The van der Waals surface area contributed by atoms with Gasteiger partial charge in [-0.3, -0.25) is 0 Å². The Labute approximate surface area is 132 Å². The lowest BCUT2D eigenvalue weighted by Crippen LogP contribution is -2.17. The van der Waals surface area contributed by atoms with Crippen molar-refractivity contribution >= 4 is 11.3 Å². The van der Waals surface area contributed by atoms with E-state index in [0.29, 0.717) is 0 Å². The summed E-state index contributed by atoms with van der Waals surface area (Å²) in [6, 6.07) is 13.2. The fraction of sp³-hybridized carbons (Fsp3) is 0.368. The molecule has 21 heavy (non-hydrogen) atoms. The molecule has 0 saturated carbocycles. The Balaban J connectivity index is 1.75. The monoisotopic (exact) mass is 299 g/mol. The molecule has 0 amide bonds. The maximum Gasteiger partial charge on any atom is 0.0342 e. The van der Waals surface area contributed by atoms with E-state index >= 15 is 0 Å². The molecule has 0 spiro atoms. The van der Waals surface area contributed by atoms with Crippen molar-refractivity contribution in [2.75, 3.05) is 6.54 Å². The highest BCUT2D eigenvalue weighted by atomic mass is 32.1. The Morgan fingerprint density at radius 2 is 2.05 bits per heavy atom. The summed E-state index contributed by atoms with van der Waals surface area (Å²) in [6.07, 6.45) is 5.64. The summed E-state index contributed by atoms with van der Waals surface area (Å²) in [4.78, 5) is 1.34. The zero-order valence-corrected chi connectivity index (χ0v) is 13.7. The lowest BCUT2D eigenvalue weighted by molar-refractivity contribution is 0.456. The predicted molar refractivity (Wildman–Crippen MR) is 94.7 cm³/mol. The van der Waals surface area contributed by atoms with Gasteiger partial charge in [0.25, 0.3) is 0 Å². The summed E-state index contributed by atoms with van der Waals surface area (Å²) < 4.78 is 0. The zero-order valence-electron chi connectivity index (χ0n) is 12.8. The molecule has 0 fully saturated rings. The normalized spacial score (nSPS) is 12.2. The molecule has 2 aromatic rings. The van der Waals surface area contributed by atoms with E-state index in [4.69, 9.17) is 0 Å². The first-order valence-electron chi connectivity index (χ1n) is 7.78. The third-order valence-electron chi connectivity index (χ3n) is 3.90. The van der Waals surface area contributed by atoms with Crippen LogP contribution in [-0.4, -0.2) is 6.54 Å². The van der Waals surface area contributed by atoms with Crippen LogP contribution in [-0.2, 0) is 6.54 Å². The highest BCUT2D eigenvalue weighted by Gasteiger charge is 2.03. The summed E-state index contributed by atoms with van der Waals surface area (Å²) in [6.45, 7) is 8.13. The first-order chi connectivity index (χ1) is 10.3. The molecule has 1 unspecified atom stereocenters. The minimum absolute atomic E-state index is 0.774. The van der Waals surface area contributed by atoms with Gasteiger partial charge in [0.1, 0.15) is 0 Å². The molecular formula is C19H25NS. The largest absolute Gasteiger partial charge is 0.313 e. The smallest absolute Gasteiger partial charge is 0.0342 e. The van der Waals surface area contributed by atoms with Crippen molar-refractivity contribution < 1.29 is 0 Å². The van der Waals surface area contributed by atoms with E-state index in [2.05, 4.69) is 60.6 Å². The van der Waals surface area contributed by atoms with Crippen molar-refractivity contribution in [2.24, 2.45) is 5.92 Å². The maximum absolute atomic E-state index is 3.83. The van der Waals surface area contributed by atoms with Gasteiger partial charge >= 0.3 is 0 Å². The highest BCUT2D eigenvalue weighted by molar-refractivity contribution is 7.13. The lowest BCUT2D eigenvalue weighted by atomic mass is 9.98. The molecule has 2 heteroatoms. The van der Waals surface area contributed by atoms with Gasteiger partial charge in [-0.25, -0.2) is 0 Å². The summed E-state index contributed by atoms with van der Waals surface area (Å²) in [5.74, 6) is 0.774. The van der Waals surface area contributed by atoms with Crippen LogP contribution in [0, 0.1) is 5.92 Å². The van der Waals surface area contributed by atoms with Crippen molar-refractivity contribution in [3.63, 3.8) is 0 Å². The second-order valence-electron chi connectivity index (χ2n) is 5.44. The minimum Gasteiger partial charge on any atom is -0.313 e. The van der Waals surface area contributed by atoms with Crippen molar-refractivity contribution in [1.29, 1.82) is 0 Å². The Bertz CT molecular complexity index is 513. The molecule has 0 bridgehead atoms. The van der Waals surface area contributed by atoms with Gasteiger partial charge in [-0.2, -0.15) is 0 Å². The van der Waals surface area contributed by atoms with Gasteiger partial charge in [0.05, 0.1) is 0 Å². The van der Waals surface area contributed by atoms with Crippen LogP contribution in [0.1, 0.15) is 31.7 Å². The van der Waals surface area contributed by atoms with E-state index in [1.165, 1.54) is 28.8 Å². The van der Waals surface area contributed by atoms with Gasteiger partial charge in [-0.15, -0.1) is 17.9 Å². The van der Waals surface area contributed by atoms with Crippen molar-refractivity contribution in [3.8, 4) is 10.4 Å². The quantitative estimate of drug-likeness (QED) is 0.476. The molecule has 1 aromatic heterocycles. The van der Waals surface area contributed by atoms with Crippen molar-refractivity contribution in [3.05, 3.63) is 60.0 Å². The van der Waals surface area contributed by atoms with E-state index in [-0.39, 0.29) is 0 Å². The first kappa shape index (κ1) is 16.0. The Hall–Kier alpha value is -1.38. The minimum atomic E-state index is 0.774. The zero-order chi connectivity index (χ0) is 14.9. The van der Waals surface area contributed by atoms with Gasteiger partial charge in [0.15, 0.2) is 0 Å². The van der Waals surface area contributed by atoms with Gasteiger partial charge in [0, 0.05) is 11.4 Å². The van der Waals surface area contributed by atoms with Crippen LogP contribution >= 0.6 is 11.3 Å². The molecule has 0 radical (unpaired) electrons. The van der Waals surface area contributed by atoms with E-state index in [0.717, 1.165) is 25.4 Å². The second kappa shape index (κ2) is 8.81.